The number of nitrogens with zero attached hydrogens (tertiary/aromatic N) is 3. The largest absolute Gasteiger partial charge is 0.457 e. The number of hydrogen-bond donors (Lipinski definition) is 0. The van der Waals surface area contributed by atoms with Gasteiger partial charge in [-0.25, -0.2) is 4.85 Å². The molecular weight excluding hydrogens is 426 g/mol. The van der Waals surface area contributed by atoms with Crippen LogP contribution < -0.4 is 14.2 Å². The third kappa shape index (κ3) is 5.14. The third-order valence-electron chi connectivity index (χ3n) is 4.89. The predicted molar refractivity (Wildman–Crippen MR) is 126 cm³/mol. The fraction of sp³-hybridized carbons (Fsp3) is 0.0357. The normalized spacial score (nSPS) is 9.82. The van der Waals surface area contributed by atoms with Crippen molar-refractivity contribution >= 4 is 5.69 Å². The SMILES string of the molecule is [C-]#[N+]c1ccc(Oc2ccc(Oc3ccc(Oc4ccc(C)c(C#N)c4)cc3)cc2)cc1C#N. The lowest BCUT2D eigenvalue weighted by atomic mass is 10.1. The van der Waals surface area contributed by atoms with Crippen LogP contribution in [0.25, 0.3) is 4.85 Å². The molecule has 6 nitrogen and oxygen atoms in total. The van der Waals surface area contributed by atoms with E-state index >= 15 is 0 Å². The number of nitriles is 2. The van der Waals surface area contributed by atoms with E-state index in [0.29, 0.717) is 45.7 Å². The molecule has 0 radical (unpaired) electrons. The van der Waals surface area contributed by atoms with Gasteiger partial charge in [-0.2, -0.15) is 10.5 Å². The molecule has 0 saturated carbocycles. The summed E-state index contributed by atoms with van der Waals surface area (Å²) in [6, 6.07) is 28.5. The molecule has 0 fully saturated rings. The zero-order valence-electron chi connectivity index (χ0n) is 18.1. The van der Waals surface area contributed by atoms with Gasteiger partial charge in [0.05, 0.1) is 29.8 Å². The number of ether oxygens (including phenoxy) is 3. The van der Waals surface area contributed by atoms with Crippen molar-refractivity contribution in [1.82, 2.24) is 0 Å². The Hall–Kier alpha value is -5.25. The van der Waals surface area contributed by atoms with Crippen LogP contribution in [0.1, 0.15) is 16.7 Å². The summed E-state index contributed by atoms with van der Waals surface area (Å²) in [4.78, 5) is 3.31. The first-order valence-electron chi connectivity index (χ1n) is 10.2. The van der Waals surface area contributed by atoms with Gasteiger partial charge in [-0.05, 0) is 85.3 Å². The molecule has 4 aromatic carbocycles. The fourth-order valence-corrected chi connectivity index (χ4v) is 3.11. The summed E-state index contributed by atoms with van der Waals surface area (Å²) in [5.74, 6) is 3.53. The molecule has 0 atom stereocenters. The van der Waals surface area contributed by atoms with Gasteiger partial charge in [-0.3, -0.25) is 0 Å². The van der Waals surface area contributed by atoms with Gasteiger partial charge in [-0.15, -0.1) is 0 Å². The second kappa shape index (κ2) is 9.92. The topological polar surface area (TPSA) is 79.6 Å². The third-order valence-corrected chi connectivity index (χ3v) is 4.89. The van der Waals surface area contributed by atoms with Crippen LogP contribution in [0.4, 0.5) is 5.69 Å². The molecule has 0 aliphatic rings. The maximum Gasteiger partial charge on any atom is 0.204 e. The summed E-state index contributed by atoms with van der Waals surface area (Å²) in [6.07, 6.45) is 0. The first kappa shape index (κ1) is 22.0. The fourth-order valence-electron chi connectivity index (χ4n) is 3.11. The van der Waals surface area contributed by atoms with Crippen molar-refractivity contribution in [2.45, 2.75) is 6.92 Å². The first-order valence-corrected chi connectivity index (χ1v) is 10.2. The van der Waals surface area contributed by atoms with Gasteiger partial charge >= 0.3 is 0 Å². The highest BCUT2D eigenvalue weighted by Gasteiger charge is 2.06. The van der Waals surface area contributed by atoms with Crippen LogP contribution in [0, 0.1) is 36.2 Å². The Morgan fingerprint density at radius 1 is 0.588 bits per heavy atom. The molecule has 0 N–H and O–H groups in total. The van der Waals surface area contributed by atoms with Crippen LogP contribution in [-0.2, 0) is 0 Å². The lowest BCUT2D eigenvalue weighted by molar-refractivity contribution is 0.464. The minimum absolute atomic E-state index is 0.271. The van der Waals surface area contributed by atoms with Crippen molar-refractivity contribution in [3.8, 4) is 46.6 Å². The molecule has 0 heterocycles. The molecule has 34 heavy (non-hydrogen) atoms. The van der Waals surface area contributed by atoms with Crippen LogP contribution in [-0.4, -0.2) is 0 Å². The van der Waals surface area contributed by atoms with E-state index in [0.717, 1.165) is 5.56 Å². The average Bonchev–Trinajstić information content (AvgIpc) is 2.87. The number of hydrogen-bond acceptors (Lipinski definition) is 5. The van der Waals surface area contributed by atoms with Gasteiger partial charge in [0.25, 0.3) is 0 Å². The Morgan fingerprint density at radius 3 is 1.41 bits per heavy atom. The van der Waals surface area contributed by atoms with Crippen LogP contribution in [0.3, 0.4) is 0 Å². The molecule has 4 rings (SSSR count). The van der Waals surface area contributed by atoms with Gasteiger partial charge in [0.2, 0.25) is 5.69 Å². The quantitative estimate of drug-likeness (QED) is 0.286. The van der Waals surface area contributed by atoms with E-state index < -0.39 is 0 Å². The van der Waals surface area contributed by atoms with Crippen LogP contribution >= 0.6 is 0 Å². The lowest BCUT2D eigenvalue weighted by Gasteiger charge is -2.10. The van der Waals surface area contributed by atoms with Crippen molar-refractivity contribution in [3.63, 3.8) is 0 Å². The summed E-state index contributed by atoms with van der Waals surface area (Å²) < 4.78 is 17.5. The Morgan fingerprint density at radius 2 is 0.971 bits per heavy atom. The molecule has 4 aromatic rings. The highest BCUT2D eigenvalue weighted by atomic mass is 16.5. The lowest BCUT2D eigenvalue weighted by Crippen LogP contribution is -1.89. The maximum absolute atomic E-state index is 9.17. The standard InChI is InChI=1S/C28H17N3O3/c1-19-3-4-26(15-20(19)17-29)33-24-9-5-22(6-10-24)32-23-7-11-25(12-8-23)34-27-13-14-28(31-2)21(16-27)18-30/h3-16H,1H3. The Balaban J connectivity index is 1.39. The van der Waals surface area contributed by atoms with Crippen molar-refractivity contribution < 1.29 is 14.2 Å². The smallest absolute Gasteiger partial charge is 0.204 e. The zero-order valence-corrected chi connectivity index (χ0v) is 18.1. The summed E-state index contributed by atoms with van der Waals surface area (Å²) in [6.45, 7) is 8.96. The molecule has 0 spiro atoms. The molecule has 0 aromatic heterocycles. The Labute approximate surface area is 197 Å². The van der Waals surface area contributed by atoms with E-state index in [1.54, 1.807) is 72.8 Å². The molecule has 0 saturated heterocycles. The summed E-state index contributed by atoms with van der Waals surface area (Å²) in [5.41, 5.74) is 2.05. The van der Waals surface area contributed by atoms with Gasteiger partial charge < -0.3 is 14.2 Å². The number of rotatable bonds is 6. The number of aryl methyl sites for hydroxylation is 1. The second-order valence-electron chi connectivity index (χ2n) is 7.24. The second-order valence-corrected chi connectivity index (χ2v) is 7.24. The summed E-state index contributed by atoms with van der Waals surface area (Å²) >= 11 is 0. The summed E-state index contributed by atoms with van der Waals surface area (Å²) in [7, 11) is 0. The molecule has 0 aliphatic carbocycles. The maximum atomic E-state index is 9.17. The predicted octanol–water partition coefficient (Wildman–Crippen LogP) is 7.67. The zero-order chi connectivity index (χ0) is 23.9. The molecular formula is C28H17N3O3. The van der Waals surface area contributed by atoms with Crippen LogP contribution in [0.5, 0.6) is 34.5 Å². The van der Waals surface area contributed by atoms with Gasteiger partial charge in [0.15, 0.2) is 0 Å². The van der Waals surface area contributed by atoms with E-state index in [1.807, 2.05) is 25.1 Å². The summed E-state index contributed by atoms with van der Waals surface area (Å²) in [5, 5.41) is 18.3. The molecule has 162 valence electrons. The van der Waals surface area contributed by atoms with Crippen molar-refractivity contribution in [3.05, 3.63) is 113 Å². The minimum Gasteiger partial charge on any atom is -0.457 e. The number of benzene rings is 4. The highest BCUT2D eigenvalue weighted by Crippen LogP contribution is 2.31. The van der Waals surface area contributed by atoms with Crippen molar-refractivity contribution in [1.29, 1.82) is 10.5 Å². The first-order chi connectivity index (χ1) is 16.6. The van der Waals surface area contributed by atoms with E-state index in [9.17, 15) is 0 Å². The van der Waals surface area contributed by atoms with E-state index in [-0.39, 0.29) is 5.56 Å². The molecule has 0 aliphatic heterocycles. The average molecular weight is 443 g/mol. The Kier molecular flexibility index (Phi) is 6.41. The van der Waals surface area contributed by atoms with Gasteiger partial charge in [-0.1, -0.05) is 12.1 Å². The van der Waals surface area contributed by atoms with Crippen LogP contribution in [0.2, 0.25) is 0 Å². The van der Waals surface area contributed by atoms with Crippen LogP contribution in [0.15, 0.2) is 84.9 Å². The highest BCUT2D eigenvalue weighted by molar-refractivity contribution is 5.61. The van der Waals surface area contributed by atoms with E-state index in [4.69, 9.17) is 31.3 Å². The van der Waals surface area contributed by atoms with Gasteiger partial charge in [0.1, 0.15) is 34.5 Å². The van der Waals surface area contributed by atoms with Crippen molar-refractivity contribution in [2.75, 3.05) is 0 Å². The molecule has 0 bridgehead atoms. The monoisotopic (exact) mass is 443 g/mol. The minimum atomic E-state index is 0.271. The van der Waals surface area contributed by atoms with Crippen molar-refractivity contribution in [2.24, 2.45) is 0 Å². The van der Waals surface area contributed by atoms with Gasteiger partial charge in [0, 0.05) is 0 Å². The van der Waals surface area contributed by atoms with E-state index in [1.165, 1.54) is 0 Å². The molecule has 0 unspecified atom stereocenters. The Bertz CT molecular complexity index is 1460. The molecule has 6 heteroatoms. The molecule has 0 amide bonds. The van der Waals surface area contributed by atoms with E-state index in [2.05, 4.69) is 10.9 Å².